The maximum absolute atomic E-state index is 13.3. The highest BCUT2D eigenvalue weighted by Crippen LogP contribution is 2.33. The zero-order valence-corrected chi connectivity index (χ0v) is 15.0. The minimum atomic E-state index is -0.0972. The number of fused-ring (bicyclic) bond motifs is 1. The van der Waals surface area contributed by atoms with Crippen LogP contribution in [0.4, 0.5) is 0 Å². The van der Waals surface area contributed by atoms with Gasteiger partial charge in [-0.2, -0.15) is 0 Å². The van der Waals surface area contributed by atoms with Crippen LogP contribution in [0, 0.1) is 6.92 Å². The minimum Gasteiger partial charge on any atom is -0.496 e. The van der Waals surface area contributed by atoms with Crippen molar-refractivity contribution in [2.45, 2.75) is 13.0 Å². The summed E-state index contributed by atoms with van der Waals surface area (Å²) in [6.45, 7) is 4.01. The molecular weight excluding hydrogens is 328 g/mol. The number of carbonyl (C=O) groups is 1. The highest BCUT2D eigenvalue weighted by atomic mass is 16.5. The monoisotopic (exact) mass is 350 g/mol. The molecule has 1 aromatic heterocycles. The quantitative estimate of drug-likeness (QED) is 0.785. The molecule has 0 bridgehead atoms. The van der Waals surface area contributed by atoms with Crippen molar-refractivity contribution in [1.29, 1.82) is 0 Å². The van der Waals surface area contributed by atoms with E-state index in [1.165, 1.54) is 0 Å². The molecule has 1 atom stereocenters. The molecule has 5 heteroatoms. The van der Waals surface area contributed by atoms with E-state index in [9.17, 15) is 4.79 Å². The molecule has 1 aliphatic heterocycles. The molecule has 2 heterocycles. The topological polar surface area (TPSA) is 54.7 Å². The molecule has 1 amide bonds. The molecule has 1 saturated heterocycles. The molecule has 4 rings (SSSR count). The van der Waals surface area contributed by atoms with Crippen molar-refractivity contribution in [3.05, 3.63) is 65.4 Å². The molecule has 3 aromatic rings. The number of hydrogen-bond donors (Lipinski definition) is 1. The molecule has 0 aliphatic carbocycles. The van der Waals surface area contributed by atoms with Crippen molar-refractivity contribution < 1.29 is 13.9 Å². The second-order valence-electron chi connectivity index (χ2n) is 6.51. The molecule has 0 radical (unpaired) electrons. The number of benzene rings is 2. The first-order valence-corrected chi connectivity index (χ1v) is 8.83. The van der Waals surface area contributed by atoms with Gasteiger partial charge in [0.05, 0.1) is 13.2 Å². The molecule has 26 heavy (non-hydrogen) atoms. The van der Waals surface area contributed by atoms with Gasteiger partial charge in [-0.25, -0.2) is 0 Å². The predicted octanol–water partition coefficient (Wildman–Crippen LogP) is 3.54. The van der Waals surface area contributed by atoms with Gasteiger partial charge in [-0.1, -0.05) is 36.4 Å². The van der Waals surface area contributed by atoms with Gasteiger partial charge >= 0.3 is 0 Å². The number of piperazine rings is 1. The summed E-state index contributed by atoms with van der Waals surface area (Å²) in [6, 6.07) is 15.5. The zero-order valence-electron chi connectivity index (χ0n) is 15.0. The summed E-state index contributed by atoms with van der Waals surface area (Å²) in [5.74, 6) is 1.14. The lowest BCUT2D eigenvalue weighted by Crippen LogP contribution is -2.48. The molecule has 1 fully saturated rings. The highest BCUT2D eigenvalue weighted by molar-refractivity contribution is 5.99. The number of amides is 1. The van der Waals surface area contributed by atoms with E-state index in [-0.39, 0.29) is 11.9 Å². The van der Waals surface area contributed by atoms with E-state index in [0.717, 1.165) is 34.4 Å². The van der Waals surface area contributed by atoms with Crippen molar-refractivity contribution in [3.8, 4) is 5.75 Å². The van der Waals surface area contributed by atoms with Crippen LogP contribution in [0.1, 0.15) is 27.7 Å². The summed E-state index contributed by atoms with van der Waals surface area (Å²) >= 11 is 0. The number of rotatable bonds is 3. The number of nitrogens with one attached hydrogen (secondary N) is 1. The Labute approximate surface area is 152 Å². The zero-order chi connectivity index (χ0) is 18.1. The number of para-hydroxylation sites is 2. The number of hydrogen-bond acceptors (Lipinski definition) is 4. The Bertz CT molecular complexity index is 947. The average molecular weight is 350 g/mol. The third-order valence-electron chi connectivity index (χ3n) is 5.04. The fourth-order valence-corrected chi connectivity index (χ4v) is 3.68. The van der Waals surface area contributed by atoms with E-state index in [4.69, 9.17) is 9.15 Å². The van der Waals surface area contributed by atoms with Crippen LogP contribution in [0.3, 0.4) is 0 Å². The van der Waals surface area contributed by atoms with Crippen molar-refractivity contribution in [1.82, 2.24) is 10.2 Å². The predicted molar refractivity (Wildman–Crippen MR) is 101 cm³/mol. The highest BCUT2D eigenvalue weighted by Gasteiger charge is 2.33. The first kappa shape index (κ1) is 16.7. The summed E-state index contributed by atoms with van der Waals surface area (Å²) in [7, 11) is 1.66. The van der Waals surface area contributed by atoms with Gasteiger partial charge in [-0.15, -0.1) is 0 Å². The first-order chi connectivity index (χ1) is 12.7. The molecule has 0 spiro atoms. The molecule has 0 saturated carbocycles. The van der Waals surface area contributed by atoms with Gasteiger partial charge in [0.1, 0.15) is 11.3 Å². The normalized spacial score (nSPS) is 17.5. The maximum Gasteiger partial charge on any atom is 0.290 e. The Hall–Kier alpha value is -2.79. The van der Waals surface area contributed by atoms with Crippen molar-refractivity contribution in [2.24, 2.45) is 0 Å². The second kappa shape index (κ2) is 6.84. The fourth-order valence-electron chi connectivity index (χ4n) is 3.68. The van der Waals surface area contributed by atoms with Crippen LogP contribution < -0.4 is 10.1 Å². The molecule has 1 unspecified atom stereocenters. The maximum atomic E-state index is 13.3. The summed E-state index contributed by atoms with van der Waals surface area (Å²) < 4.78 is 11.4. The van der Waals surface area contributed by atoms with Crippen LogP contribution in [0.5, 0.6) is 5.75 Å². The van der Waals surface area contributed by atoms with Gasteiger partial charge in [-0.3, -0.25) is 4.79 Å². The average Bonchev–Trinajstić information content (AvgIpc) is 3.04. The number of aryl methyl sites for hydroxylation is 1. The van der Waals surface area contributed by atoms with Gasteiger partial charge in [0.25, 0.3) is 5.91 Å². The van der Waals surface area contributed by atoms with Crippen molar-refractivity contribution in [2.75, 3.05) is 26.7 Å². The fraction of sp³-hybridized carbons (Fsp3) is 0.286. The number of ether oxygens (including phenoxy) is 1. The van der Waals surface area contributed by atoms with Crippen LogP contribution in [-0.2, 0) is 0 Å². The lowest BCUT2D eigenvalue weighted by molar-refractivity contribution is 0.0600. The lowest BCUT2D eigenvalue weighted by Gasteiger charge is -2.36. The van der Waals surface area contributed by atoms with Crippen molar-refractivity contribution >= 4 is 16.9 Å². The van der Waals surface area contributed by atoms with Crippen LogP contribution in [-0.4, -0.2) is 37.6 Å². The Morgan fingerprint density at radius 2 is 1.96 bits per heavy atom. The number of furan rings is 1. The van der Waals surface area contributed by atoms with E-state index in [2.05, 4.69) is 5.32 Å². The van der Waals surface area contributed by atoms with E-state index in [1.54, 1.807) is 7.11 Å². The number of carbonyl (C=O) groups excluding carboxylic acids is 1. The van der Waals surface area contributed by atoms with E-state index in [0.29, 0.717) is 18.8 Å². The Morgan fingerprint density at radius 1 is 1.19 bits per heavy atom. The first-order valence-electron chi connectivity index (χ1n) is 8.83. The largest absolute Gasteiger partial charge is 0.496 e. The Morgan fingerprint density at radius 3 is 2.77 bits per heavy atom. The van der Waals surface area contributed by atoms with E-state index < -0.39 is 0 Å². The van der Waals surface area contributed by atoms with Gasteiger partial charge in [0.15, 0.2) is 5.76 Å². The molecule has 5 nitrogen and oxygen atoms in total. The van der Waals surface area contributed by atoms with Gasteiger partial charge in [0, 0.05) is 36.1 Å². The molecule has 134 valence electrons. The summed E-state index contributed by atoms with van der Waals surface area (Å²) in [5, 5.41) is 4.37. The van der Waals surface area contributed by atoms with Crippen LogP contribution in [0.15, 0.2) is 52.9 Å². The second-order valence-corrected chi connectivity index (χ2v) is 6.51. The summed E-state index contributed by atoms with van der Waals surface area (Å²) in [4.78, 5) is 15.2. The standard InChI is InChI=1S/C21H22N2O3/c1-14-15-7-3-6-10-19(15)26-20(14)21(24)23-12-11-22-13-17(23)16-8-4-5-9-18(16)25-2/h3-10,17,22H,11-13H2,1-2H3. The summed E-state index contributed by atoms with van der Waals surface area (Å²) in [5.41, 5.74) is 2.64. The minimum absolute atomic E-state index is 0.0730. The van der Waals surface area contributed by atoms with E-state index >= 15 is 0 Å². The van der Waals surface area contributed by atoms with Gasteiger partial charge in [-0.05, 0) is 19.1 Å². The lowest BCUT2D eigenvalue weighted by atomic mass is 10.0. The summed E-state index contributed by atoms with van der Waals surface area (Å²) in [6.07, 6.45) is 0. The number of methoxy groups -OCH3 is 1. The Balaban J connectivity index is 1.74. The van der Waals surface area contributed by atoms with Crippen LogP contribution in [0.2, 0.25) is 0 Å². The SMILES string of the molecule is COc1ccccc1C1CNCCN1C(=O)c1oc2ccccc2c1C. The van der Waals surface area contributed by atoms with Gasteiger partial charge in [0.2, 0.25) is 0 Å². The third kappa shape index (κ3) is 2.74. The van der Waals surface area contributed by atoms with Crippen LogP contribution in [0.25, 0.3) is 11.0 Å². The molecule has 2 aromatic carbocycles. The smallest absolute Gasteiger partial charge is 0.290 e. The van der Waals surface area contributed by atoms with E-state index in [1.807, 2.05) is 60.4 Å². The molecule has 1 N–H and O–H groups in total. The Kier molecular flexibility index (Phi) is 4.39. The molecular formula is C21H22N2O3. The number of nitrogens with zero attached hydrogens (tertiary/aromatic N) is 1. The van der Waals surface area contributed by atoms with Crippen LogP contribution >= 0.6 is 0 Å². The molecule has 1 aliphatic rings. The third-order valence-corrected chi connectivity index (χ3v) is 5.04. The van der Waals surface area contributed by atoms with Gasteiger partial charge < -0.3 is 19.4 Å². The van der Waals surface area contributed by atoms with Crippen molar-refractivity contribution in [3.63, 3.8) is 0 Å².